The van der Waals surface area contributed by atoms with Crippen molar-refractivity contribution in [1.29, 1.82) is 0 Å². The molecule has 0 aliphatic rings. The molecule has 2 heteroatoms. The quantitative estimate of drug-likeness (QED) is 0.637. The van der Waals surface area contributed by atoms with Crippen molar-refractivity contribution in [1.82, 2.24) is 0 Å². The molecule has 2 rings (SSSR count). The molecule has 16 heavy (non-hydrogen) atoms. The molecule has 0 spiro atoms. The van der Waals surface area contributed by atoms with E-state index in [1.807, 2.05) is 0 Å². The van der Waals surface area contributed by atoms with Gasteiger partial charge in [-0.15, -0.1) is 0 Å². The molecule has 0 atom stereocenters. The molecule has 0 bridgehead atoms. The van der Waals surface area contributed by atoms with Crippen molar-refractivity contribution in [2.45, 2.75) is 13.8 Å². The highest BCUT2D eigenvalue weighted by Crippen LogP contribution is 2.11. The van der Waals surface area contributed by atoms with Gasteiger partial charge in [-0.1, -0.05) is 0 Å². The van der Waals surface area contributed by atoms with Crippen LogP contribution >= 0.6 is 0 Å². The summed E-state index contributed by atoms with van der Waals surface area (Å²) < 4.78 is 4.33. The third kappa shape index (κ3) is 1.96. The lowest BCUT2D eigenvalue weighted by atomic mass is 10.2. The van der Waals surface area contributed by atoms with Gasteiger partial charge in [-0.05, 0) is 26.0 Å². The van der Waals surface area contributed by atoms with Crippen molar-refractivity contribution < 1.29 is 9.13 Å². The number of aryl methyl sites for hydroxylation is 4. The van der Waals surface area contributed by atoms with E-state index in [4.69, 9.17) is 0 Å². The molecule has 0 fully saturated rings. The van der Waals surface area contributed by atoms with Crippen molar-refractivity contribution in [3.63, 3.8) is 0 Å². The molecule has 2 heterocycles. The van der Waals surface area contributed by atoms with Gasteiger partial charge in [-0.25, -0.2) is 0 Å². The highest BCUT2D eigenvalue weighted by molar-refractivity contribution is 5.46. The largest absolute Gasteiger partial charge is 0.277 e. The maximum Gasteiger partial charge on any atom is 0.277 e. The van der Waals surface area contributed by atoms with E-state index in [9.17, 15) is 0 Å². The summed E-state index contributed by atoms with van der Waals surface area (Å²) in [6, 6.07) is 8.63. The normalized spacial score (nSPS) is 10.5. The molecular formula is C14H18N2+2. The third-order valence-corrected chi connectivity index (χ3v) is 2.83. The monoisotopic (exact) mass is 214 g/mol. The first-order chi connectivity index (χ1) is 7.58. The fraction of sp³-hybridized carbons (Fsp3) is 0.286. The highest BCUT2D eigenvalue weighted by atomic mass is 15.0. The first-order valence-electron chi connectivity index (χ1n) is 5.51. The summed E-state index contributed by atoms with van der Waals surface area (Å²) in [7, 11) is 4.17. The second-order valence-corrected chi connectivity index (χ2v) is 4.41. The molecule has 2 aromatic rings. The van der Waals surface area contributed by atoms with Crippen LogP contribution in [0.25, 0.3) is 11.4 Å². The number of hydrogen-bond acceptors (Lipinski definition) is 0. The predicted octanol–water partition coefficient (Wildman–Crippen LogP) is 1.62. The minimum atomic E-state index is 1.23. The number of pyridine rings is 2. The molecule has 0 saturated heterocycles. The molecule has 0 radical (unpaired) electrons. The zero-order valence-electron chi connectivity index (χ0n) is 10.4. The summed E-state index contributed by atoms with van der Waals surface area (Å²) in [5.74, 6) is 0. The van der Waals surface area contributed by atoms with Gasteiger partial charge in [-0.2, -0.15) is 9.13 Å². The first kappa shape index (κ1) is 10.8. The van der Waals surface area contributed by atoms with E-state index in [0.29, 0.717) is 0 Å². The van der Waals surface area contributed by atoms with Gasteiger partial charge in [0.2, 0.25) is 0 Å². The van der Waals surface area contributed by atoms with E-state index in [-0.39, 0.29) is 0 Å². The van der Waals surface area contributed by atoms with Gasteiger partial charge < -0.3 is 0 Å². The fourth-order valence-electron chi connectivity index (χ4n) is 2.02. The zero-order valence-corrected chi connectivity index (χ0v) is 10.4. The van der Waals surface area contributed by atoms with Crippen molar-refractivity contribution in [3.8, 4) is 11.4 Å². The molecule has 0 saturated carbocycles. The van der Waals surface area contributed by atoms with E-state index in [2.05, 4.69) is 73.7 Å². The minimum absolute atomic E-state index is 1.23. The lowest BCUT2D eigenvalue weighted by molar-refractivity contribution is -0.690. The zero-order chi connectivity index (χ0) is 11.7. The molecule has 0 aromatic carbocycles. The van der Waals surface area contributed by atoms with E-state index >= 15 is 0 Å². The van der Waals surface area contributed by atoms with Crippen LogP contribution in [0.15, 0.2) is 36.7 Å². The van der Waals surface area contributed by atoms with Crippen molar-refractivity contribution in [3.05, 3.63) is 47.8 Å². The Kier molecular flexibility index (Phi) is 2.73. The van der Waals surface area contributed by atoms with Crippen LogP contribution in [-0.4, -0.2) is 0 Å². The van der Waals surface area contributed by atoms with Crippen LogP contribution in [0.3, 0.4) is 0 Å². The van der Waals surface area contributed by atoms with E-state index in [1.54, 1.807) is 0 Å². The van der Waals surface area contributed by atoms with Gasteiger partial charge in [0, 0.05) is 23.3 Å². The Morgan fingerprint density at radius 3 is 1.38 bits per heavy atom. The predicted molar refractivity (Wildman–Crippen MR) is 63.7 cm³/mol. The molecule has 0 aliphatic heterocycles. The van der Waals surface area contributed by atoms with Crippen molar-refractivity contribution in [2.24, 2.45) is 14.1 Å². The number of rotatable bonds is 1. The lowest BCUT2D eigenvalue weighted by Gasteiger charge is -2.00. The summed E-state index contributed by atoms with van der Waals surface area (Å²) in [6.07, 6.45) is 4.30. The Balaban J connectivity index is 2.59. The molecule has 2 nitrogen and oxygen atoms in total. The van der Waals surface area contributed by atoms with Crippen LogP contribution in [0.1, 0.15) is 11.1 Å². The van der Waals surface area contributed by atoms with Crippen LogP contribution in [-0.2, 0) is 14.1 Å². The van der Waals surface area contributed by atoms with Gasteiger partial charge in [0.1, 0.15) is 14.1 Å². The van der Waals surface area contributed by atoms with Crippen molar-refractivity contribution >= 4 is 0 Å². The lowest BCUT2D eigenvalue weighted by Crippen LogP contribution is -2.38. The van der Waals surface area contributed by atoms with E-state index < -0.39 is 0 Å². The summed E-state index contributed by atoms with van der Waals surface area (Å²) in [6.45, 7) is 4.22. The summed E-state index contributed by atoms with van der Waals surface area (Å²) in [5, 5.41) is 0. The van der Waals surface area contributed by atoms with Crippen LogP contribution < -0.4 is 9.13 Å². The molecule has 0 unspecified atom stereocenters. The van der Waals surface area contributed by atoms with Gasteiger partial charge >= 0.3 is 0 Å². The highest BCUT2D eigenvalue weighted by Gasteiger charge is 2.18. The first-order valence-corrected chi connectivity index (χ1v) is 5.51. The summed E-state index contributed by atoms with van der Waals surface area (Å²) >= 11 is 0. The molecule has 0 aliphatic carbocycles. The summed E-state index contributed by atoms with van der Waals surface area (Å²) in [4.78, 5) is 0. The van der Waals surface area contributed by atoms with Gasteiger partial charge in [0.05, 0.1) is 0 Å². The number of hydrogen-bond donors (Lipinski definition) is 0. The van der Waals surface area contributed by atoms with Crippen LogP contribution in [0.4, 0.5) is 0 Å². The Bertz CT molecular complexity index is 481. The SMILES string of the molecule is Cc1ccc(-c2ccc(C)c[n+]2C)[n+](C)c1. The van der Waals surface area contributed by atoms with Gasteiger partial charge in [0.25, 0.3) is 11.4 Å². The molecular weight excluding hydrogens is 196 g/mol. The second kappa shape index (κ2) is 4.05. The van der Waals surface area contributed by atoms with E-state index in [0.717, 1.165) is 0 Å². The number of aromatic nitrogens is 2. The van der Waals surface area contributed by atoms with E-state index in [1.165, 1.54) is 22.5 Å². The maximum atomic E-state index is 2.17. The maximum absolute atomic E-state index is 2.17. The minimum Gasteiger partial charge on any atom is -0.196 e. The molecule has 0 N–H and O–H groups in total. The van der Waals surface area contributed by atoms with Crippen LogP contribution in [0.5, 0.6) is 0 Å². The van der Waals surface area contributed by atoms with Gasteiger partial charge in [0.15, 0.2) is 12.4 Å². The average Bonchev–Trinajstić information content (AvgIpc) is 2.19. The Morgan fingerprint density at radius 2 is 1.06 bits per heavy atom. The van der Waals surface area contributed by atoms with Crippen molar-refractivity contribution in [2.75, 3.05) is 0 Å². The Morgan fingerprint density at radius 1 is 0.688 bits per heavy atom. The average molecular weight is 214 g/mol. The standard InChI is InChI=1S/C14H18N2/c1-11-5-7-13(15(3)9-11)14-8-6-12(2)10-16(14)4/h5-10H,1-4H3/q+2. The van der Waals surface area contributed by atoms with Crippen LogP contribution in [0, 0.1) is 13.8 Å². The third-order valence-electron chi connectivity index (χ3n) is 2.83. The molecule has 2 aromatic heterocycles. The Labute approximate surface area is 96.8 Å². The molecule has 82 valence electrons. The van der Waals surface area contributed by atoms with Gasteiger partial charge in [-0.3, -0.25) is 0 Å². The molecule has 0 amide bonds. The Hall–Kier alpha value is -1.70. The second-order valence-electron chi connectivity index (χ2n) is 4.41. The smallest absolute Gasteiger partial charge is 0.196 e. The van der Waals surface area contributed by atoms with Crippen LogP contribution in [0.2, 0.25) is 0 Å². The number of nitrogens with zero attached hydrogens (tertiary/aromatic N) is 2. The summed E-state index contributed by atoms with van der Waals surface area (Å²) in [5.41, 5.74) is 5.02. The fourth-order valence-corrected chi connectivity index (χ4v) is 2.02. The topological polar surface area (TPSA) is 7.76 Å².